The Balaban J connectivity index is 1.75. The number of aromatic nitrogens is 2. The van der Waals surface area contributed by atoms with E-state index in [4.69, 9.17) is 10.5 Å². The number of rotatable bonds is 8. The highest BCUT2D eigenvalue weighted by Gasteiger charge is 2.40. The molecule has 2 aromatic rings. The Bertz CT molecular complexity index is 1090. The topological polar surface area (TPSA) is 107 Å². The first kappa shape index (κ1) is 25.2. The van der Waals surface area contributed by atoms with Gasteiger partial charge in [-0.05, 0) is 49.3 Å². The highest BCUT2D eigenvalue weighted by Crippen LogP contribution is 2.47. The molecule has 0 radical (unpaired) electrons. The summed E-state index contributed by atoms with van der Waals surface area (Å²) in [6.45, 7) is 1.05. The second-order valence-electron chi connectivity index (χ2n) is 9.80. The number of nitrogen functional groups attached to an aromatic ring is 1. The number of halogens is 3. The number of alkyl halides is 3. The van der Waals surface area contributed by atoms with Crippen molar-refractivity contribution in [3.8, 4) is 11.3 Å². The van der Waals surface area contributed by atoms with Gasteiger partial charge < -0.3 is 15.4 Å². The zero-order chi connectivity index (χ0) is 25.4. The molecule has 190 valence electrons. The number of ether oxygens (including phenoxy) is 1. The van der Waals surface area contributed by atoms with Crippen molar-refractivity contribution in [2.45, 2.75) is 57.0 Å². The molecule has 0 amide bonds. The van der Waals surface area contributed by atoms with Gasteiger partial charge >= 0.3 is 11.9 Å². The third kappa shape index (κ3) is 5.34. The second-order valence-corrected chi connectivity index (χ2v) is 9.80. The summed E-state index contributed by atoms with van der Waals surface area (Å²) in [5.74, 6) is -0.483. The molecule has 2 aliphatic rings. The quantitative estimate of drug-likeness (QED) is 0.379. The number of anilines is 2. The van der Waals surface area contributed by atoms with Crippen LogP contribution in [0.1, 0.15) is 62.1 Å². The molecule has 2 heterocycles. The average molecular weight is 494 g/mol. The third-order valence-electron chi connectivity index (χ3n) is 7.03. The lowest BCUT2D eigenvalue weighted by Crippen LogP contribution is -2.41. The van der Waals surface area contributed by atoms with E-state index in [1.807, 2.05) is 0 Å². The van der Waals surface area contributed by atoms with Crippen LogP contribution in [-0.4, -0.2) is 42.2 Å². The predicted octanol–water partition coefficient (Wildman–Crippen LogP) is 5.56. The number of hydrogen-bond donors (Lipinski definition) is 1. The second kappa shape index (κ2) is 9.60. The Morgan fingerprint density at radius 2 is 1.94 bits per heavy atom. The Kier molecular flexibility index (Phi) is 6.90. The predicted molar refractivity (Wildman–Crippen MR) is 126 cm³/mol. The van der Waals surface area contributed by atoms with Gasteiger partial charge in [0, 0.05) is 37.9 Å². The lowest BCUT2D eigenvalue weighted by molar-refractivity contribution is -0.383. The van der Waals surface area contributed by atoms with E-state index in [1.54, 1.807) is 19.1 Å². The summed E-state index contributed by atoms with van der Waals surface area (Å²) in [4.78, 5) is 21.0. The summed E-state index contributed by atoms with van der Waals surface area (Å²) in [6, 6.07) is 2.97. The van der Waals surface area contributed by atoms with Crippen LogP contribution in [0.25, 0.3) is 11.3 Å². The van der Waals surface area contributed by atoms with Crippen LogP contribution in [0.5, 0.6) is 0 Å². The summed E-state index contributed by atoms with van der Waals surface area (Å²) in [6.07, 6.45) is 3.04. The molecule has 0 aromatic carbocycles. The number of hydrogen-bond acceptors (Lipinski definition) is 7. The molecule has 0 atom stereocenters. The summed E-state index contributed by atoms with van der Waals surface area (Å²) < 4.78 is 45.9. The Labute approximate surface area is 201 Å². The minimum Gasteiger partial charge on any atom is -0.384 e. The lowest BCUT2D eigenvalue weighted by Gasteiger charge is -2.40. The van der Waals surface area contributed by atoms with E-state index in [0.29, 0.717) is 31.6 Å². The van der Waals surface area contributed by atoms with Gasteiger partial charge in [-0.25, -0.2) is 4.98 Å². The van der Waals surface area contributed by atoms with Crippen LogP contribution in [0.4, 0.5) is 30.4 Å². The zero-order valence-electron chi connectivity index (χ0n) is 19.9. The van der Waals surface area contributed by atoms with Crippen molar-refractivity contribution in [1.29, 1.82) is 0 Å². The van der Waals surface area contributed by atoms with Crippen LogP contribution in [0, 0.1) is 15.5 Å². The van der Waals surface area contributed by atoms with Crippen LogP contribution in [0.3, 0.4) is 0 Å². The lowest BCUT2D eigenvalue weighted by atomic mass is 9.74. The van der Waals surface area contributed by atoms with Gasteiger partial charge in [-0.3, -0.25) is 15.1 Å². The number of methoxy groups -OCH3 is 1. The highest BCUT2D eigenvalue weighted by molar-refractivity contribution is 5.79. The van der Waals surface area contributed by atoms with E-state index in [-0.39, 0.29) is 39.8 Å². The maximum absolute atomic E-state index is 13.5. The van der Waals surface area contributed by atoms with E-state index in [0.717, 1.165) is 38.3 Å². The molecule has 0 bridgehead atoms. The van der Waals surface area contributed by atoms with E-state index >= 15 is 0 Å². The minimum atomic E-state index is -4.56. The van der Waals surface area contributed by atoms with Crippen molar-refractivity contribution < 1.29 is 22.8 Å². The molecule has 2 N–H and O–H groups in total. The fourth-order valence-corrected chi connectivity index (χ4v) is 5.28. The summed E-state index contributed by atoms with van der Waals surface area (Å²) in [5.41, 5.74) is 5.67. The first-order chi connectivity index (χ1) is 16.5. The largest absolute Gasteiger partial charge is 0.433 e. The van der Waals surface area contributed by atoms with E-state index in [1.165, 1.54) is 12.1 Å². The highest BCUT2D eigenvalue weighted by atomic mass is 19.4. The van der Waals surface area contributed by atoms with Crippen molar-refractivity contribution in [2.24, 2.45) is 5.41 Å². The van der Waals surface area contributed by atoms with Crippen molar-refractivity contribution in [2.75, 3.05) is 37.9 Å². The molecule has 8 nitrogen and oxygen atoms in total. The fourth-order valence-electron chi connectivity index (χ4n) is 5.28. The van der Waals surface area contributed by atoms with Gasteiger partial charge in [0.1, 0.15) is 11.4 Å². The number of nitrogens with zero attached hydrogens (tertiary/aromatic N) is 4. The molecule has 0 aliphatic heterocycles. The standard InChI is InChI=1S/C24H30F3N5O3/c1-31(13-23(14-35-2)8-4-3-5-9-23)19-11-18(30-22(28)20(19)32(33)34)16-10-17(15-6-7-15)21(29-12-16)24(25,26)27/h10-12,15H,3-9,13-14H2,1-2H3,(H2,28,30). The minimum absolute atomic E-state index is 0.130. The molecular weight excluding hydrogens is 463 g/mol. The van der Waals surface area contributed by atoms with Gasteiger partial charge in [0.25, 0.3) is 0 Å². The van der Waals surface area contributed by atoms with Crippen molar-refractivity contribution >= 4 is 17.2 Å². The molecule has 11 heteroatoms. The van der Waals surface area contributed by atoms with E-state index < -0.39 is 16.8 Å². The molecule has 2 saturated carbocycles. The van der Waals surface area contributed by atoms with Gasteiger partial charge in [-0.15, -0.1) is 0 Å². The van der Waals surface area contributed by atoms with E-state index in [2.05, 4.69) is 9.97 Å². The van der Waals surface area contributed by atoms with Crippen LogP contribution < -0.4 is 10.6 Å². The van der Waals surface area contributed by atoms with Crippen LogP contribution in [0.15, 0.2) is 18.3 Å². The summed E-state index contributed by atoms with van der Waals surface area (Å²) in [7, 11) is 3.41. The maximum Gasteiger partial charge on any atom is 0.433 e. The van der Waals surface area contributed by atoms with Crippen molar-refractivity contribution in [1.82, 2.24) is 9.97 Å². The van der Waals surface area contributed by atoms with Gasteiger partial charge in [0.05, 0.1) is 17.2 Å². The van der Waals surface area contributed by atoms with E-state index in [9.17, 15) is 23.3 Å². The summed E-state index contributed by atoms with van der Waals surface area (Å²) in [5, 5.41) is 11.9. The average Bonchev–Trinajstić information content (AvgIpc) is 3.63. The molecule has 0 unspecified atom stereocenters. The van der Waals surface area contributed by atoms with Crippen molar-refractivity contribution in [3.63, 3.8) is 0 Å². The Hall–Kier alpha value is -2.95. The normalized spacial score (nSPS) is 17.9. The molecule has 0 saturated heterocycles. The Morgan fingerprint density at radius 1 is 1.26 bits per heavy atom. The van der Waals surface area contributed by atoms with Gasteiger partial charge in [0.15, 0.2) is 0 Å². The first-order valence-corrected chi connectivity index (χ1v) is 11.8. The van der Waals surface area contributed by atoms with Crippen LogP contribution in [0.2, 0.25) is 0 Å². The van der Waals surface area contributed by atoms with Crippen molar-refractivity contribution in [3.05, 3.63) is 39.7 Å². The van der Waals surface area contributed by atoms with Crippen LogP contribution >= 0.6 is 0 Å². The number of nitrogens with two attached hydrogens (primary N) is 1. The zero-order valence-corrected chi connectivity index (χ0v) is 19.9. The maximum atomic E-state index is 13.5. The van der Waals surface area contributed by atoms with Gasteiger partial charge in [-0.1, -0.05) is 19.3 Å². The Morgan fingerprint density at radius 3 is 2.51 bits per heavy atom. The molecular formula is C24H30F3N5O3. The monoisotopic (exact) mass is 493 g/mol. The molecule has 35 heavy (non-hydrogen) atoms. The smallest absolute Gasteiger partial charge is 0.384 e. The molecule has 2 aromatic heterocycles. The molecule has 2 fully saturated rings. The SMILES string of the molecule is COCC1(CN(C)c2cc(-c3cnc(C(F)(F)F)c(C4CC4)c3)nc(N)c2[N+](=O)[O-])CCCCC1. The van der Waals surface area contributed by atoms with Gasteiger partial charge in [0.2, 0.25) is 5.82 Å². The first-order valence-electron chi connectivity index (χ1n) is 11.8. The third-order valence-corrected chi connectivity index (χ3v) is 7.03. The number of pyridine rings is 2. The fraction of sp³-hybridized carbons (Fsp3) is 0.583. The number of nitro groups is 1. The summed E-state index contributed by atoms with van der Waals surface area (Å²) >= 11 is 0. The molecule has 4 rings (SSSR count). The molecule has 0 spiro atoms. The van der Waals surface area contributed by atoms with Gasteiger partial charge in [-0.2, -0.15) is 13.2 Å². The molecule has 2 aliphatic carbocycles. The van der Waals surface area contributed by atoms with Crippen LogP contribution in [-0.2, 0) is 10.9 Å².